The van der Waals surface area contributed by atoms with Crippen molar-refractivity contribution in [3.05, 3.63) is 64.5 Å². The largest absolute Gasteiger partial charge is 0.465 e. The summed E-state index contributed by atoms with van der Waals surface area (Å²) >= 11 is 1.83. The fourth-order valence-electron chi connectivity index (χ4n) is 3.46. The molecule has 0 aliphatic carbocycles. The molecular formula is C23H14F3N3O4S2. The predicted octanol–water partition coefficient (Wildman–Crippen LogP) is 4.91. The summed E-state index contributed by atoms with van der Waals surface area (Å²) in [5.74, 6) is -1.82. The molecule has 1 fully saturated rings. The minimum atomic E-state index is -4.82. The number of imide groups is 1. The van der Waals surface area contributed by atoms with Gasteiger partial charge in [0.25, 0.3) is 0 Å². The molecule has 4 rings (SSSR count). The number of carbonyl (C=O) groups is 3. The van der Waals surface area contributed by atoms with E-state index >= 15 is 0 Å². The van der Waals surface area contributed by atoms with E-state index in [1.54, 1.807) is 23.6 Å². The fourth-order valence-corrected chi connectivity index (χ4v) is 5.27. The van der Waals surface area contributed by atoms with Crippen LogP contribution >= 0.6 is 23.1 Å². The molecule has 0 spiro atoms. The molecule has 3 aromatic rings. The first-order chi connectivity index (χ1) is 16.6. The quantitative estimate of drug-likeness (QED) is 0.350. The van der Waals surface area contributed by atoms with Gasteiger partial charge in [-0.3, -0.25) is 9.59 Å². The van der Waals surface area contributed by atoms with Crippen molar-refractivity contribution in [1.82, 2.24) is 4.98 Å². The van der Waals surface area contributed by atoms with Crippen LogP contribution in [0, 0.1) is 11.3 Å². The molecule has 1 aliphatic rings. The van der Waals surface area contributed by atoms with Crippen molar-refractivity contribution in [3.63, 3.8) is 0 Å². The number of ether oxygens (including phenoxy) is 1. The summed E-state index contributed by atoms with van der Waals surface area (Å²) in [5.41, 5.74) is -1.43. The predicted molar refractivity (Wildman–Crippen MR) is 122 cm³/mol. The smallest absolute Gasteiger partial charge is 0.417 e. The fraction of sp³-hybridized carbons (Fsp3) is 0.174. The number of esters is 1. The van der Waals surface area contributed by atoms with Crippen LogP contribution in [0.2, 0.25) is 0 Å². The number of amides is 2. The van der Waals surface area contributed by atoms with Crippen molar-refractivity contribution in [1.29, 1.82) is 5.26 Å². The highest BCUT2D eigenvalue weighted by Crippen LogP contribution is 2.41. The molecule has 1 saturated heterocycles. The van der Waals surface area contributed by atoms with Crippen LogP contribution in [-0.2, 0) is 20.5 Å². The zero-order valence-corrected chi connectivity index (χ0v) is 19.5. The molecule has 0 unspecified atom stereocenters. The van der Waals surface area contributed by atoms with E-state index in [0.717, 1.165) is 11.0 Å². The van der Waals surface area contributed by atoms with Crippen LogP contribution in [0.1, 0.15) is 27.9 Å². The molecular weight excluding hydrogens is 503 g/mol. The Kier molecular flexibility index (Phi) is 6.64. The lowest BCUT2D eigenvalue weighted by molar-refractivity contribution is -0.138. The van der Waals surface area contributed by atoms with Gasteiger partial charge in [-0.2, -0.15) is 18.4 Å². The van der Waals surface area contributed by atoms with Crippen molar-refractivity contribution in [3.8, 4) is 16.6 Å². The van der Waals surface area contributed by atoms with E-state index in [4.69, 9.17) is 0 Å². The van der Waals surface area contributed by atoms with E-state index in [0.29, 0.717) is 16.6 Å². The molecule has 2 aromatic heterocycles. The Morgan fingerprint density at radius 3 is 2.54 bits per heavy atom. The van der Waals surface area contributed by atoms with Crippen LogP contribution in [0.4, 0.5) is 18.9 Å². The van der Waals surface area contributed by atoms with E-state index in [1.807, 2.05) is 0 Å². The van der Waals surface area contributed by atoms with E-state index in [2.05, 4.69) is 9.72 Å². The number of aromatic nitrogens is 1. The summed E-state index contributed by atoms with van der Waals surface area (Å²) in [6, 6.07) is 11.2. The standard InChI is InChI=1S/C23H14F3N3O4S2/c1-33-22(32)12-4-6-13(7-5-12)29-19(30)10-18(21(29)31)35-20-14(11-27)15(23(24,25)26)9-16(28-20)17-3-2-8-34-17/h2-9,18H,10H2,1H3/t18-/m0/s1. The second-order valence-corrected chi connectivity index (χ2v) is 9.38. The van der Waals surface area contributed by atoms with Gasteiger partial charge < -0.3 is 4.74 Å². The monoisotopic (exact) mass is 517 g/mol. The molecule has 35 heavy (non-hydrogen) atoms. The number of anilines is 1. The van der Waals surface area contributed by atoms with Gasteiger partial charge in [-0.25, -0.2) is 14.7 Å². The number of alkyl halides is 3. The van der Waals surface area contributed by atoms with Crippen LogP contribution in [-0.4, -0.2) is 35.1 Å². The highest BCUT2D eigenvalue weighted by atomic mass is 32.2. The molecule has 178 valence electrons. The van der Waals surface area contributed by atoms with Crippen LogP contribution < -0.4 is 4.90 Å². The number of hydrogen-bond acceptors (Lipinski definition) is 8. The van der Waals surface area contributed by atoms with Gasteiger partial charge in [0, 0.05) is 6.42 Å². The number of benzene rings is 1. The summed E-state index contributed by atoms with van der Waals surface area (Å²) < 4.78 is 45.8. The van der Waals surface area contributed by atoms with Crippen molar-refractivity contribution in [2.75, 3.05) is 12.0 Å². The molecule has 7 nitrogen and oxygen atoms in total. The summed E-state index contributed by atoms with van der Waals surface area (Å²) in [6.45, 7) is 0. The minimum Gasteiger partial charge on any atom is -0.465 e. The molecule has 0 radical (unpaired) electrons. The Labute approximate surface area is 205 Å². The normalized spacial score (nSPS) is 15.9. The van der Waals surface area contributed by atoms with Gasteiger partial charge >= 0.3 is 12.1 Å². The second kappa shape index (κ2) is 9.52. The molecule has 0 bridgehead atoms. The molecule has 3 heterocycles. The van der Waals surface area contributed by atoms with Gasteiger partial charge in [-0.1, -0.05) is 17.8 Å². The van der Waals surface area contributed by atoms with Gasteiger partial charge in [0.15, 0.2) is 0 Å². The average molecular weight is 518 g/mol. The molecule has 12 heteroatoms. The molecule has 2 amide bonds. The highest BCUT2D eigenvalue weighted by molar-refractivity contribution is 8.00. The van der Waals surface area contributed by atoms with Crippen molar-refractivity contribution in [2.24, 2.45) is 0 Å². The van der Waals surface area contributed by atoms with Crippen molar-refractivity contribution >= 4 is 46.6 Å². The van der Waals surface area contributed by atoms with Crippen LogP contribution in [0.5, 0.6) is 0 Å². The maximum atomic E-state index is 13.7. The van der Waals surface area contributed by atoms with Gasteiger partial charge in [0.2, 0.25) is 11.8 Å². The lowest BCUT2D eigenvalue weighted by Crippen LogP contribution is -2.31. The first-order valence-corrected chi connectivity index (χ1v) is 11.7. The van der Waals surface area contributed by atoms with E-state index in [-0.39, 0.29) is 28.4 Å². The third-order valence-corrected chi connectivity index (χ3v) is 7.15. The van der Waals surface area contributed by atoms with Gasteiger partial charge in [-0.05, 0) is 41.8 Å². The topological polar surface area (TPSA) is 100 Å². The van der Waals surface area contributed by atoms with Crippen LogP contribution in [0.3, 0.4) is 0 Å². The first kappa shape index (κ1) is 24.4. The summed E-state index contributed by atoms with van der Waals surface area (Å²) in [6.07, 6.45) is -5.11. The number of thioether (sulfide) groups is 1. The molecule has 0 saturated carbocycles. The molecule has 0 N–H and O–H groups in total. The van der Waals surface area contributed by atoms with Gasteiger partial charge in [0.1, 0.15) is 11.1 Å². The van der Waals surface area contributed by atoms with E-state index < -0.39 is 40.3 Å². The summed E-state index contributed by atoms with van der Waals surface area (Å²) in [5, 5.41) is 9.82. The maximum absolute atomic E-state index is 13.7. The van der Waals surface area contributed by atoms with Crippen molar-refractivity contribution in [2.45, 2.75) is 22.9 Å². The average Bonchev–Trinajstić information content (AvgIpc) is 3.46. The highest BCUT2D eigenvalue weighted by Gasteiger charge is 2.42. The number of pyridine rings is 1. The third-order valence-electron chi connectivity index (χ3n) is 5.08. The number of halogens is 3. The second-order valence-electron chi connectivity index (χ2n) is 7.24. The Balaban J connectivity index is 1.68. The van der Waals surface area contributed by atoms with E-state index in [1.165, 1.54) is 42.7 Å². The maximum Gasteiger partial charge on any atom is 0.417 e. The van der Waals surface area contributed by atoms with Crippen LogP contribution in [0.15, 0.2) is 52.9 Å². The number of nitriles is 1. The summed E-state index contributed by atoms with van der Waals surface area (Å²) in [4.78, 5) is 42.9. The summed E-state index contributed by atoms with van der Waals surface area (Å²) in [7, 11) is 1.22. The third kappa shape index (κ3) is 4.78. The Hall–Kier alpha value is -3.69. The van der Waals surface area contributed by atoms with Crippen molar-refractivity contribution < 1.29 is 32.3 Å². The number of carbonyl (C=O) groups excluding carboxylic acids is 3. The molecule has 1 aromatic carbocycles. The number of hydrogen-bond donors (Lipinski definition) is 0. The Morgan fingerprint density at radius 1 is 1.26 bits per heavy atom. The number of thiophene rings is 1. The zero-order valence-electron chi connectivity index (χ0n) is 17.8. The van der Waals surface area contributed by atoms with Gasteiger partial charge in [-0.15, -0.1) is 11.3 Å². The Morgan fingerprint density at radius 2 is 1.97 bits per heavy atom. The van der Waals surface area contributed by atoms with Crippen LogP contribution in [0.25, 0.3) is 10.6 Å². The Bertz CT molecular complexity index is 1350. The number of rotatable bonds is 5. The number of nitrogens with zero attached hydrogens (tertiary/aromatic N) is 3. The zero-order chi connectivity index (χ0) is 25.3. The van der Waals surface area contributed by atoms with E-state index in [9.17, 15) is 32.8 Å². The first-order valence-electron chi connectivity index (χ1n) is 9.92. The number of methoxy groups -OCH3 is 1. The SMILES string of the molecule is COC(=O)c1ccc(N2C(=O)C[C@H](Sc3nc(-c4cccs4)cc(C(F)(F)F)c3C#N)C2=O)cc1. The lowest BCUT2D eigenvalue weighted by Gasteiger charge is -2.17. The van der Waals surface area contributed by atoms with Gasteiger partial charge in [0.05, 0.1) is 45.3 Å². The molecule has 1 aliphatic heterocycles. The minimum absolute atomic E-state index is 0.0147. The lowest BCUT2D eigenvalue weighted by atomic mass is 10.1. The molecule has 1 atom stereocenters.